The van der Waals surface area contributed by atoms with Gasteiger partial charge in [0.15, 0.2) is 0 Å². The number of hydrogen-bond acceptors (Lipinski definition) is 3. The van der Waals surface area contributed by atoms with E-state index in [0.717, 1.165) is 49.0 Å². The summed E-state index contributed by atoms with van der Waals surface area (Å²) in [5.41, 5.74) is 2.71. The number of ether oxygens (including phenoxy) is 2. The van der Waals surface area contributed by atoms with Crippen molar-refractivity contribution in [2.75, 3.05) is 33.9 Å². The molecule has 2 rings (SSSR count). The minimum absolute atomic E-state index is 0.0794. The van der Waals surface area contributed by atoms with Crippen LogP contribution >= 0.6 is 0 Å². The number of unbranched alkanes of at least 4 members (excludes halogenated alkanes) is 6. The number of quaternary nitrogens is 1. The Bertz CT molecular complexity index is 832. The Balaban J connectivity index is 1.52. The molecule has 36 heavy (non-hydrogen) atoms. The van der Waals surface area contributed by atoms with Gasteiger partial charge in [-0.25, -0.2) is 0 Å². The number of carbonyl (C=O) groups is 1. The van der Waals surface area contributed by atoms with Gasteiger partial charge in [-0.1, -0.05) is 88.4 Å². The first-order valence-electron chi connectivity index (χ1n) is 14.1. The third-order valence-electron chi connectivity index (χ3n) is 6.82. The Morgan fingerprint density at radius 1 is 0.806 bits per heavy atom. The molecule has 0 bridgehead atoms. The molecule has 0 spiro atoms. The maximum atomic E-state index is 12.4. The lowest BCUT2D eigenvalue weighted by Crippen LogP contribution is -2.40. The van der Waals surface area contributed by atoms with Crippen molar-refractivity contribution >= 4 is 5.97 Å². The highest BCUT2D eigenvalue weighted by Crippen LogP contribution is 2.16. The van der Waals surface area contributed by atoms with E-state index < -0.39 is 0 Å². The van der Waals surface area contributed by atoms with E-state index in [0.29, 0.717) is 13.2 Å². The number of esters is 1. The Kier molecular flexibility index (Phi) is 14.3. The number of aryl methyl sites for hydroxylation is 1. The van der Waals surface area contributed by atoms with Gasteiger partial charge in [0, 0.05) is 12.0 Å². The predicted molar refractivity (Wildman–Crippen MR) is 150 cm³/mol. The third kappa shape index (κ3) is 13.1. The minimum atomic E-state index is -0.0865. The first kappa shape index (κ1) is 29.9. The Morgan fingerprint density at radius 2 is 1.47 bits per heavy atom. The highest BCUT2D eigenvalue weighted by Gasteiger charge is 2.21. The molecule has 0 saturated carbocycles. The molecule has 1 unspecified atom stereocenters. The summed E-state index contributed by atoms with van der Waals surface area (Å²) >= 11 is 0. The maximum Gasteiger partial charge on any atom is 0.308 e. The molecule has 4 heteroatoms. The standard InChI is InChI=1S/C32H50NO3/c1-5-6-7-8-9-11-16-29-19-21-31(22-20-29)35-25-14-15-26-36-32(34)28(2)23-24-33(3,4)27-30-17-12-10-13-18-30/h10,12-13,17-22,28H,5-9,11,14-16,23-27H2,1-4H3/q+1. The quantitative estimate of drug-likeness (QED) is 0.114. The molecule has 0 heterocycles. The van der Waals surface area contributed by atoms with Crippen LogP contribution in [-0.2, 0) is 22.5 Å². The van der Waals surface area contributed by atoms with Crippen molar-refractivity contribution in [2.45, 2.75) is 84.6 Å². The van der Waals surface area contributed by atoms with Gasteiger partial charge in [0.1, 0.15) is 12.3 Å². The summed E-state index contributed by atoms with van der Waals surface area (Å²) in [6.45, 7) is 7.25. The molecule has 0 saturated heterocycles. The van der Waals surface area contributed by atoms with Crippen LogP contribution in [-0.4, -0.2) is 44.3 Å². The molecule has 200 valence electrons. The maximum absolute atomic E-state index is 12.4. The highest BCUT2D eigenvalue weighted by atomic mass is 16.5. The first-order valence-corrected chi connectivity index (χ1v) is 14.1. The van der Waals surface area contributed by atoms with Gasteiger partial charge in [-0.2, -0.15) is 0 Å². The fourth-order valence-electron chi connectivity index (χ4n) is 4.39. The van der Waals surface area contributed by atoms with Gasteiger partial charge in [-0.05, 0) is 43.4 Å². The first-order chi connectivity index (χ1) is 17.4. The lowest BCUT2D eigenvalue weighted by molar-refractivity contribution is -0.904. The zero-order valence-electron chi connectivity index (χ0n) is 23.3. The van der Waals surface area contributed by atoms with Crippen molar-refractivity contribution < 1.29 is 18.8 Å². The number of carbonyl (C=O) groups excluding carboxylic acids is 1. The van der Waals surface area contributed by atoms with Gasteiger partial charge >= 0.3 is 5.97 Å². The summed E-state index contributed by atoms with van der Waals surface area (Å²) in [4.78, 5) is 12.4. The molecule has 0 fully saturated rings. The summed E-state index contributed by atoms with van der Waals surface area (Å²) in [5, 5.41) is 0. The van der Waals surface area contributed by atoms with Gasteiger partial charge < -0.3 is 14.0 Å². The van der Waals surface area contributed by atoms with E-state index in [-0.39, 0.29) is 11.9 Å². The van der Waals surface area contributed by atoms with Crippen LogP contribution < -0.4 is 4.74 Å². The van der Waals surface area contributed by atoms with E-state index in [1.807, 2.05) is 13.0 Å². The zero-order valence-corrected chi connectivity index (χ0v) is 23.3. The van der Waals surface area contributed by atoms with Crippen LogP contribution in [0.3, 0.4) is 0 Å². The zero-order chi connectivity index (χ0) is 26.1. The van der Waals surface area contributed by atoms with Gasteiger partial charge in [0.05, 0.1) is 39.8 Å². The van der Waals surface area contributed by atoms with E-state index in [4.69, 9.17) is 9.47 Å². The monoisotopic (exact) mass is 496 g/mol. The minimum Gasteiger partial charge on any atom is -0.494 e. The molecule has 0 radical (unpaired) electrons. The van der Waals surface area contributed by atoms with Crippen LogP contribution in [0.4, 0.5) is 0 Å². The Hall–Kier alpha value is -2.33. The molecule has 0 aliphatic heterocycles. The normalized spacial score (nSPS) is 12.3. The van der Waals surface area contributed by atoms with Crippen LogP contribution in [0.5, 0.6) is 5.75 Å². The third-order valence-corrected chi connectivity index (χ3v) is 6.82. The second-order valence-corrected chi connectivity index (χ2v) is 10.9. The van der Waals surface area contributed by atoms with E-state index in [2.05, 4.69) is 69.6 Å². The van der Waals surface area contributed by atoms with E-state index in [9.17, 15) is 4.79 Å². The lowest BCUT2D eigenvalue weighted by Gasteiger charge is -2.30. The van der Waals surface area contributed by atoms with Crippen molar-refractivity contribution in [3.63, 3.8) is 0 Å². The summed E-state index contributed by atoms with van der Waals surface area (Å²) in [7, 11) is 4.43. The molecule has 4 nitrogen and oxygen atoms in total. The van der Waals surface area contributed by atoms with Gasteiger partial charge in [-0.15, -0.1) is 0 Å². The largest absolute Gasteiger partial charge is 0.494 e. The number of rotatable bonds is 19. The van der Waals surface area contributed by atoms with Crippen LogP contribution in [0.25, 0.3) is 0 Å². The molecular formula is C32H50NO3+. The van der Waals surface area contributed by atoms with Crippen LogP contribution in [0, 0.1) is 5.92 Å². The van der Waals surface area contributed by atoms with E-state index in [1.54, 1.807) is 0 Å². The fourth-order valence-corrected chi connectivity index (χ4v) is 4.39. The lowest BCUT2D eigenvalue weighted by atomic mass is 10.0. The number of nitrogens with zero attached hydrogens (tertiary/aromatic N) is 1. The number of benzene rings is 2. The summed E-state index contributed by atoms with van der Waals surface area (Å²) < 4.78 is 12.3. The van der Waals surface area contributed by atoms with Crippen molar-refractivity contribution in [1.82, 2.24) is 0 Å². The smallest absolute Gasteiger partial charge is 0.308 e. The van der Waals surface area contributed by atoms with Crippen molar-refractivity contribution in [1.29, 1.82) is 0 Å². The van der Waals surface area contributed by atoms with E-state index >= 15 is 0 Å². The molecule has 0 aliphatic carbocycles. The summed E-state index contributed by atoms with van der Waals surface area (Å²) in [5.74, 6) is 0.754. The van der Waals surface area contributed by atoms with Gasteiger partial charge in [0.25, 0.3) is 0 Å². The Morgan fingerprint density at radius 3 is 2.19 bits per heavy atom. The van der Waals surface area contributed by atoms with Gasteiger partial charge in [-0.3, -0.25) is 4.79 Å². The molecular weight excluding hydrogens is 446 g/mol. The average molecular weight is 497 g/mol. The SMILES string of the molecule is CCCCCCCCc1ccc(OCCCCOC(=O)C(C)CC[N+](C)(C)Cc2ccccc2)cc1. The predicted octanol–water partition coefficient (Wildman–Crippen LogP) is 7.59. The molecule has 0 aliphatic rings. The summed E-state index contributed by atoms with van der Waals surface area (Å²) in [6.07, 6.45) is 11.7. The second kappa shape index (κ2) is 17.2. The number of hydrogen-bond donors (Lipinski definition) is 0. The molecule has 2 aromatic carbocycles. The molecule has 0 N–H and O–H groups in total. The van der Waals surface area contributed by atoms with Crippen LogP contribution in [0.15, 0.2) is 54.6 Å². The summed E-state index contributed by atoms with van der Waals surface area (Å²) in [6, 6.07) is 19.0. The van der Waals surface area contributed by atoms with Crippen molar-refractivity contribution in [3.05, 3.63) is 65.7 Å². The van der Waals surface area contributed by atoms with Crippen LogP contribution in [0.2, 0.25) is 0 Å². The molecule has 0 aromatic heterocycles. The van der Waals surface area contributed by atoms with Crippen molar-refractivity contribution in [3.8, 4) is 5.75 Å². The van der Waals surface area contributed by atoms with Gasteiger partial charge in [0.2, 0.25) is 0 Å². The van der Waals surface area contributed by atoms with Crippen LogP contribution in [0.1, 0.15) is 82.8 Å². The Labute approximate surface area is 220 Å². The fraction of sp³-hybridized carbons (Fsp3) is 0.594. The average Bonchev–Trinajstić information content (AvgIpc) is 2.87. The molecule has 2 aromatic rings. The van der Waals surface area contributed by atoms with Crippen molar-refractivity contribution in [2.24, 2.45) is 5.92 Å². The van der Waals surface area contributed by atoms with E-state index in [1.165, 1.54) is 49.7 Å². The molecule has 1 atom stereocenters. The highest BCUT2D eigenvalue weighted by molar-refractivity contribution is 5.71. The molecule has 0 amide bonds. The topological polar surface area (TPSA) is 35.5 Å². The second-order valence-electron chi connectivity index (χ2n) is 10.9.